The first-order valence-corrected chi connectivity index (χ1v) is 5.66. The van der Waals surface area contributed by atoms with E-state index in [0.717, 1.165) is 6.08 Å². The minimum atomic E-state index is -2.43. The molecule has 116 valence electrons. The minimum absolute atomic E-state index is 0.0932. The molecule has 0 aliphatic heterocycles. The predicted octanol–water partition coefficient (Wildman–Crippen LogP) is 2.00. The Morgan fingerprint density at radius 3 is 1.82 bits per heavy atom. The Hall–Kier alpha value is -2.58. The van der Waals surface area contributed by atoms with Gasteiger partial charge in [0.05, 0.1) is 0 Å². The summed E-state index contributed by atoms with van der Waals surface area (Å²) in [5, 5.41) is 0. The molecule has 0 aromatic heterocycles. The van der Waals surface area contributed by atoms with Crippen LogP contribution in [-0.4, -0.2) is 17.5 Å². The SMILES string of the molecule is CC1=CC(=O)C(C(=O)Oc2c(F)c(F)c(F)c(F)c2F)C1=O. The van der Waals surface area contributed by atoms with Crippen molar-refractivity contribution in [3.8, 4) is 5.75 Å². The van der Waals surface area contributed by atoms with Crippen molar-refractivity contribution in [3.63, 3.8) is 0 Å². The average Bonchev–Trinajstić information content (AvgIpc) is 2.72. The number of esters is 1. The van der Waals surface area contributed by atoms with Crippen LogP contribution in [0.3, 0.4) is 0 Å². The van der Waals surface area contributed by atoms with Crippen molar-refractivity contribution in [1.82, 2.24) is 0 Å². The lowest BCUT2D eigenvalue weighted by Crippen LogP contribution is -2.31. The maximum Gasteiger partial charge on any atom is 0.330 e. The Labute approximate surface area is 119 Å². The number of allylic oxidation sites excluding steroid dienone is 2. The van der Waals surface area contributed by atoms with Crippen molar-refractivity contribution in [3.05, 3.63) is 40.7 Å². The van der Waals surface area contributed by atoms with Gasteiger partial charge in [0.1, 0.15) is 0 Å². The molecule has 0 bridgehead atoms. The Morgan fingerprint density at radius 2 is 1.41 bits per heavy atom. The Balaban J connectivity index is 2.39. The lowest BCUT2D eigenvalue weighted by atomic mass is 10.0. The lowest BCUT2D eigenvalue weighted by Gasteiger charge is -2.11. The van der Waals surface area contributed by atoms with Crippen LogP contribution in [0.15, 0.2) is 11.6 Å². The van der Waals surface area contributed by atoms with Gasteiger partial charge >= 0.3 is 5.97 Å². The number of carbonyl (C=O) groups excluding carboxylic acids is 3. The number of ketones is 2. The first-order valence-electron chi connectivity index (χ1n) is 5.66. The number of carbonyl (C=O) groups is 3. The summed E-state index contributed by atoms with van der Waals surface area (Å²) in [5.74, 6) is -19.4. The molecule has 0 heterocycles. The van der Waals surface area contributed by atoms with Gasteiger partial charge in [-0.1, -0.05) is 0 Å². The van der Waals surface area contributed by atoms with Gasteiger partial charge in [0.25, 0.3) is 0 Å². The number of Topliss-reactive ketones (excluding diaryl/α,β-unsaturated/α-hetero) is 1. The zero-order valence-electron chi connectivity index (χ0n) is 10.7. The van der Waals surface area contributed by atoms with E-state index in [9.17, 15) is 36.3 Å². The number of halogens is 5. The molecule has 1 aromatic rings. The highest BCUT2D eigenvalue weighted by Crippen LogP contribution is 2.30. The van der Waals surface area contributed by atoms with Gasteiger partial charge < -0.3 is 4.74 Å². The summed E-state index contributed by atoms with van der Waals surface area (Å²) >= 11 is 0. The van der Waals surface area contributed by atoms with Gasteiger partial charge in [-0.2, -0.15) is 8.78 Å². The molecule has 0 amide bonds. The van der Waals surface area contributed by atoms with Crippen LogP contribution in [0.25, 0.3) is 0 Å². The Kier molecular flexibility index (Phi) is 3.82. The molecule has 9 heteroatoms. The van der Waals surface area contributed by atoms with Crippen molar-refractivity contribution >= 4 is 17.5 Å². The van der Waals surface area contributed by atoms with Crippen molar-refractivity contribution in [1.29, 1.82) is 0 Å². The summed E-state index contributed by atoms with van der Waals surface area (Å²) in [6.45, 7) is 1.21. The minimum Gasteiger partial charge on any atom is -0.419 e. The van der Waals surface area contributed by atoms with Crippen LogP contribution in [0, 0.1) is 35.0 Å². The fraction of sp³-hybridized carbons (Fsp3) is 0.154. The van der Waals surface area contributed by atoms with Gasteiger partial charge in [-0.25, -0.2) is 13.2 Å². The number of hydrogen-bond donors (Lipinski definition) is 0. The molecule has 0 fully saturated rings. The van der Waals surface area contributed by atoms with Crippen LogP contribution in [0.4, 0.5) is 22.0 Å². The first kappa shape index (κ1) is 15.8. The third kappa shape index (κ3) is 2.28. The number of ether oxygens (including phenoxy) is 1. The zero-order valence-corrected chi connectivity index (χ0v) is 10.7. The molecule has 0 spiro atoms. The van der Waals surface area contributed by atoms with E-state index < -0.39 is 58.3 Å². The fourth-order valence-corrected chi connectivity index (χ4v) is 1.78. The monoisotopic (exact) mass is 320 g/mol. The second-order valence-corrected chi connectivity index (χ2v) is 4.35. The highest BCUT2D eigenvalue weighted by Gasteiger charge is 2.41. The quantitative estimate of drug-likeness (QED) is 0.209. The van der Waals surface area contributed by atoms with E-state index in [0.29, 0.717) is 0 Å². The van der Waals surface area contributed by atoms with Gasteiger partial charge in [-0.05, 0) is 18.6 Å². The summed E-state index contributed by atoms with van der Waals surface area (Å²) in [4.78, 5) is 34.5. The maximum atomic E-state index is 13.3. The van der Waals surface area contributed by atoms with E-state index in [-0.39, 0.29) is 5.57 Å². The molecular formula is C13H5F5O4. The molecule has 0 saturated heterocycles. The highest BCUT2D eigenvalue weighted by molar-refractivity contribution is 6.30. The molecule has 1 atom stereocenters. The van der Waals surface area contributed by atoms with Crippen LogP contribution in [0.5, 0.6) is 5.75 Å². The fourth-order valence-electron chi connectivity index (χ4n) is 1.78. The molecule has 0 radical (unpaired) electrons. The average molecular weight is 320 g/mol. The highest BCUT2D eigenvalue weighted by atomic mass is 19.2. The summed E-state index contributed by atoms with van der Waals surface area (Å²) in [5.41, 5.74) is -0.0932. The van der Waals surface area contributed by atoms with Crippen molar-refractivity contribution < 1.29 is 41.1 Å². The number of benzene rings is 1. The van der Waals surface area contributed by atoms with Crippen LogP contribution in [-0.2, 0) is 14.4 Å². The summed E-state index contributed by atoms with van der Waals surface area (Å²) < 4.78 is 69.5. The van der Waals surface area contributed by atoms with Crippen molar-refractivity contribution in [2.75, 3.05) is 0 Å². The number of rotatable bonds is 2. The molecule has 0 saturated carbocycles. The van der Waals surface area contributed by atoms with E-state index in [1.165, 1.54) is 6.92 Å². The van der Waals surface area contributed by atoms with Crippen molar-refractivity contribution in [2.24, 2.45) is 5.92 Å². The van der Waals surface area contributed by atoms with E-state index in [4.69, 9.17) is 0 Å². The zero-order chi connectivity index (χ0) is 16.8. The van der Waals surface area contributed by atoms with E-state index in [2.05, 4.69) is 4.74 Å². The van der Waals surface area contributed by atoms with E-state index >= 15 is 0 Å². The smallest absolute Gasteiger partial charge is 0.330 e. The van der Waals surface area contributed by atoms with Gasteiger partial charge in [-0.3, -0.25) is 14.4 Å². The van der Waals surface area contributed by atoms with Crippen LogP contribution < -0.4 is 4.74 Å². The second-order valence-electron chi connectivity index (χ2n) is 4.35. The summed E-state index contributed by atoms with van der Waals surface area (Å²) in [6.07, 6.45) is 0.812. The number of hydrogen-bond acceptors (Lipinski definition) is 4. The molecular weight excluding hydrogens is 315 g/mol. The molecule has 0 N–H and O–H groups in total. The molecule has 1 aliphatic rings. The van der Waals surface area contributed by atoms with Crippen LogP contribution >= 0.6 is 0 Å². The third-order valence-corrected chi connectivity index (χ3v) is 2.90. The Morgan fingerprint density at radius 1 is 0.955 bits per heavy atom. The molecule has 4 nitrogen and oxygen atoms in total. The third-order valence-electron chi connectivity index (χ3n) is 2.90. The molecule has 22 heavy (non-hydrogen) atoms. The molecule has 1 unspecified atom stereocenters. The van der Waals surface area contributed by atoms with E-state index in [1.807, 2.05) is 0 Å². The summed E-state index contributed by atoms with van der Waals surface area (Å²) in [7, 11) is 0. The van der Waals surface area contributed by atoms with Gasteiger partial charge in [0, 0.05) is 0 Å². The molecule has 1 aliphatic carbocycles. The largest absolute Gasteiger partial charge is 0.419 e. The van der Waals surface area contributed by atoms with Crippen molar-refractivity contribution in [2.45, 2.75) is 6.92 Å². The van der Waals surface area contributed by atoms with Gasteiger partial charge in [0.15, 0.2) is 17.5 Å². The standard InChI is InChI=1S/C13H5F5O4/c1-3-2-4(19)5(11(3)20)13(21)22-12-9(17)7(15)6(14)8(16)10(12)18/h2,5H,1H3. The van der Waals surface area contributed by atoms with Gasteiger partial charge in [0.2, 0.25) is 34.8 Å². The van der Waals surface area contributed by atoms with Gasteiger partial charge in [-0.15, -0.1) is 0 Å². The lowest BCUT2D eigenvalue weighted by molar-refractivity contribution is -0.145. The van der Waals surface area contributed by atoms with E-state index in [1.54, 1.807) is 0 Å². The second kappa shape index (κ2) is 5.32. The van der Waals surface area contributed by atoms with Crippen LogP contribution in [0.1, 0.15) is 6.92 Å². The normalized spacial score (nSPS) is 17.7. The first-order chi connectivity index (χ1) is 10.2. The predicted molar refractivity (Wildman–Crippen MR) is 59.1 cm³/mol. The van der Waals surface area contributed by atoms with Crippen LogP contribution in [0.2, 0.25) is 0 Å². The maximum absolute atomic E-state index is 13.3. The topological polar surface area (TPSA) is 60.4 Å². The molecule has 2 rings (SSSR count). The molecule has 1 aromatic carbocycles. The summed E-state index contributed by atoms with van der Waals surface area (Å²) in [6, 6.07) is 0. The Bertz CT molecular complexity index is 724.